The third-order valence-electron chi connectivity index (χ3n) is 3.38. The normalized spacial score (nSPS) is 12.9. The molecule has 0 bridgehead atoms. The average Bonchev–Trinajstić information content (AvgIpc) is 2.35. The molecule has 0 aromatic carbocycles. The molecular weight excluding hydrogens is 244 g/mol. The van der Waals surface area contributed by atoms with Crippen molar-refractivity contribution in [2.45, 2.75) is 33.7 Å². The zero-order valence-electron chi connectivity index (χ0n) is 12.0. The predicted molar refractivity (Wildman–Crippen MR) is 72.2 cm³/mol. The van der Waals surface area contributed by atoms with Crippen molar-refractivity contribution in [1.29, 1.82) is 0 Å². The molecule has 1 aromatic heterocycles. The van der Waals surface area contributed by atoms with Crippen LogP contribution in [0.25, 0.3) is 0 Å². The molecule has 19 heavy (non-hydrogen) atoms. The number of carbonyl (C=O) groups is 2. The van der Waals surface area contributed by atoms with Gasteiger partial charge in [0.1, 0.15) is 5.69 Å². The Morgan fingerprint density at radius 2 is 1.89 bits per heavy atom. The quantitative estimate of drug-likeness (QED) is 0.909. The number of aromatic carboxylic acids is 1. The van der Waals surface area contributed by atoms with E-state index in [4.69, 9.17) is 5.11 Å². The lowest BCUT2D eigenvalue weighted by Crippen LogP contribution is -2.43. The lowest BCUT2D eigenvalue weighted by atomic mass is 9.87. The van der Waals surface area contributed by atoms with Gasteiger partial charge in [0.25, 0.3) is 5.91 Å². The summed E-state index contributed by atoms with van der Waals surface area (Å²) >= 11 is 0. The molecule has 104 valence electrons. The van der Waals surface area contributed by atoms with Gasteiger partial charge in [-0.3, -0.25) is 9.78 Å². The SMILES string of the molecule is C[C@@H](N(C)C(=O)c1ccc(C(=O)O)cn1)C(C)(C)C. The molecule has 0 aliphatic carbocycles. The Morgan fingerprint density at radius 1 is 1.32 bits per heavy atom. The number of pyridine rings is 1. The number of amides is 1. The van der Waals surface area contributed by atoms with Gasteiger partial charge in [-0.25, -0.2) is 4.79 Å². The first-order valence-corrected chi connectivity index (χ1v) is 6.11. The molecule has 0 saturated heterocycles. The van der Waals surface area contributed by atoms with Crippen molar-refractivity contribution in [2.24, 2.45) is 5.41 Å². The average molecular weight is 264 g/mol. The number of hydrogen-bond acceptors (Lipinski definition) is 3. The lowest BCUT2D eigenvalue weighted by Gasteiger charge is -2.35. The largest absolute Gasteiger partial charge is 0.478 e. The minimum absolute atomic E-state index is 0.0363. The van der Waals surface area contributed by atoms with Crippen LogP contribution in [0.4, 0.5) is 0 Å². The van der Waals surface area contributed by atoms with Crippen LogP contribution in [-0.2, 0) is 0 Å². The van der Waals surface area contributed by atoms with Gasteiger partial charge in [0.2, 0.25) is 0 Å². The molecule has 5 nitrogen and oxygen atoms in total. The molecule has 0 spiro atoms. The van der Waals surface area contributed by atoms with E-state index in [1.165, 1.54) is 18.3 Å². The van der Waals surface area contributed by atoms with Crippen molar-refractivity contribution < 1.29 is 14.7 Å². The molecule has 0 radical (unpaired) electrons. The first-order valence-electron chi connectivity index (χ1n) is 6.11. The number of carboxylic acid groups (broad SMARTS) is 1. The molecule has 0 aliphatic heterocycles. The van der Waals surface area contributed by atoms with Gasteiger partial charge in [-0.2, -0.15) is 0 Å². The highest BCUT2D eigenvalue weighted by Crippen LogP contribution is 2.23. The van der Waals surface area contributed by atoms with Gasteiger partial charge in [-0.15, -0.1) is 0 Å². The molecule has 1 atom stereocenters. The van der Waals surface area contributed by atoms with E-state index in [2.05, 4.69) is 25.8 Å². The molecule has 1 amide bonds. The fourth-order valence-electron chi connectivity index (χ4n) is 1.58. The van der Waals surface area contributed by atoms with E-state index in [-0.39, 0.29) is 28.6 Å². The maximum Gasteiger partial charge on any atom is 0.337 e. The number of nitrogens with zero attached hydrogens (tertiary/aromatic N) is 2. The number of hydrogen-bond donors (Lipinski definition) is 1. The second-order valence-corrected chi connectivity index (χ2v) is 5.70. The van der Waals surface area contributed by atoms with Crippen LogP contribution in [0.15, 0.2) is 18.3 Å². The summed E-state index contributed by atoms with van der Waals surface area (Å²) in [7, 11) is 1.73. The minimum atomic E-state index is -1.05. The molecular formula is C14H20N2O3. The van der Waals surface area contributed by atoms with E-state index in [9.17, 15) is 9.59 Å². The predicted octanol–water partition coefficient (Wildman–Crippen LogP) is 2.29. The van der Waals surface area contributed by atoms with Crippen LogP contribution in [0.5, 0.6) is 0 Å². The number of carbonyl (C=O) groups excluding carboxylic acids is 1. The van der Waals surface area contributed by atoms with E-state index in [1.54, 1.807) is 11.9 Å². The molecule has 0 aliphatic rings. The summed E-state index contributed by atoms with van der Waals surface area (Å²) in [6, 6.07) is 2.87. The van der Waals surface area contributed by atoms with Crippen LogP contribution in [-0.4, -0.2) is 40.0 Å². The summed E-state index contributed by atoms with van der Waals surface area (Å²) in [4.78, 5) is 28.5. The molecule has 1 heterocycles. The summed E-state index contributed by atoms with van der Waals surface area (Å²) in [5, 5.41) is 8.78. The maximum atomic E-state index is 12.2. The van der Waals surface area contributed by atoms with Crippen molar-refractivity contribution in [1.82, 2.24) is 9.88 Å². The number of carboxylic acids is 1. The van der Waals surface area contributed by atoms with Crippen molar-refractivity contribution in [2.75, 3.05) is 7.05 Å². The van der Waals surface area contributed by atoms with Crippen LogP contribution < -0.4 is 0 Å². The van der Waals surface area contributed by atoms with E-state index in [1.807, 2.05) is 6.92 Å². The van der Waals surface area contributed by atoms with Crippen LogP contribution in [0.1, 0.15) is 48.5 Å². The Balaban J connectivity index is 2.91. The second-order valence-electron chi connectivity index (χ2n) is 5.70. The molecule has 0 fully saturated rings. The van der Waals surface area contributed by atoms with Gasteiger partial charge in [0, 0.05) is 19.3 Å². The summed E-state index contributed by atoms with van der Waals surface area (Å²) in [5.74, 6) is -1.26. The minimum Gasteiger partial charge on any atom is -0.478 e. The molecule has 1 aromatic rings. The molecule has 1 N–H and O–H groups in total. The van der Waals surface area contributed by atoms with Crippen LogP contribution in [0.3, 0.4) is 0 Å². The molecule has 0 unspecified atom stereocenters. The van der Waals surface area contributed by atoms with Gasteiger partial charge in [-0.05, 0) is 24.5 Å². The Hall–Kier alpha value is -1.91. The van der Waals surface area contributed by atoms with Gasteiger partial charge in [0.05, 0.1) is 5.56 Å². The Morgan fingerprint density at radius 3 is 2.26 bits per heavy atom. The zero-order valence-corrected chi connectivity index (χ0v) is 12.0. The Kier molecular flexibility index (Phi) is 4.29. The van der Waals surface area contributed by atoms with Crippen molar-refractivity contribution in [3.63, 3.8) is 0 Å². The smallest absolute Gasteiger partial charge is 0.337 e. The fraction of sp³-hybridized carbons (Fsp3) is 0.500. The van der Waals surface area contributed by atoms with Crippen LogP contribution in [0.2, 0.25) is 0 Å². The van der Waals surface area contributed by atoms with Crippen molar-refractivity contribution >= 4 is 11.9 Å². The highest BCUT2D eigenvalue weighted by molar-refractivity contribution is 5.93. The third-order valence-corrected chi connectivity index (χ3v) is 3.38. The number of rotatable bonds is 3. The van der Waals surface area contributed by atoms with Crippen LogP contribution >= 0.6 is 0 Å². The molecule has 1 rings (SSSR count). The topological polar surface area (TPSA) is 70.5 Å². The number of aromatic nitrogens is 1. The maximum absolute atomic E-state index is 12.2. The van der Waals surface area contributed by atoms with Gasteiger partial charge < -0.3 is 10.0 Å². The van der Waals surface area contributed by atoms with Gasteiger partial charge >= 0.3 is 5.97 Å². The van der Waals surface area contributed by atoms with E-state index >= 15 is 0 Å². The van der Waals surface area contributed by atoms with E-state index < -0.39 is 5.97 Å². The monoisotopic (exact) mass is 264 g/mol. The van der Waals surface area contributed by atoms with Crippen molar-refractivity contribution in [3.05, 3.63) is 29.6 Å². The highest BCUT2D eigenvalue weighted by atomic mass is 16.4. The summed E-state index contributed by atoms with van der Waals surface area (Å²) in [6.07, 6.45) is 1.20. The van der Waals surface area contributed by atoms with E-state index in [0.717, 1.165) is 0 Å². The lowest BCUT2D eigenvalue weighted by molar-refractivity contribution is 0.0621. The Bertz CT molecular complexity index is 474. The fourth-order valence-corrected chi connectivity index (χ4v) is 1.58. The summed E-state index contributed by atoms with van der Waals surface area (Å²) in [5.41, 5.74) is 0.289. The van der Waals surface area contributed by atoms with Crippen molar-refractivity contribution in [3.8, 4) is 0 Å². The van der Waals surface area contributed by atoms with Gasteiger partial charge in [0.15, 0.2) is 0 Å². The second kappa shape index (κ2) is 5.38. The first-order chi connectivity index (χ1) is 8.64. The summed E-state index contributed by atoms with van der Waals surface area (Å²) in [6.45, 7) is 8.15. The standard InChI is InChI=1S/C14H20N2O3/c1-9(14(2,3)4)16(5)12(17)11-7-6-10(8-15-11)13(18)19/h6-9H,1-5H3,(H,18,19)/t9-/m1/s1. The molecule has 0 saturated carbocycles. The third kappa shape index (κ3) is 3.53. The summed E-state index contributed by atoms with van der Waals surface area (Å²) < 4.78 is 0. The Labute approximate surface area is 113 Å². The first kappa shape index (κ1) is 15.1. The highest BCUT2D eigenvalue weighted by Gasteiger charge is 2.28. The van der Waals surface area contributed by atoms with Crippen LogP contribution in [0, 0.1) is 5.41 Å². The van der Waals surface area contributed by atoms with E-state index in [0.29, 0.717) is 0 Å². The zero-order chi connectivity index (χ0) is 14.8. The molecule has 5 heteroatoms. The van der Waals surface area contributed by atoms with Gasteiger partial charge in [-0.1, -0.05) is 20.8 Å².